The van der Waals surface area contributed by atoms with Gasteiger partial charge in [-0.3, -0.25) is 9.58 Å². The second kappa shape index (κ2) is 5.73. The van der Waals surface area contributed by atoms with Crippen LogP contribution in [0.4, 0.5) is 5.69 Å². The monoisotopic (exact) mass is 302 g/mol. The molecule has 2 aromatic rings. The summed E-state index contributed by atoms with van der Waals surface area (Å²) < 4.78 is 9.63. The fourth-order valence-corrected chi connectivity index (χ4v) is 3.25. The molecule has 0 radical (unpaired) electrons. The van der Waals surface area contributed by atoms with Crippen molar-refractivity contribution in [2.24, 2.45) is 7.05 Å². The van der Waals surface area contributed by atoms with Gasteiger partial charge in [-0.1, -0.05) is 0 Å². The molecular weight excluding hydrogens is 280 g/mol. The zero-order chi connectivity index (χ0) is 14.9. The minimum atomic E-state index is 0.648. The van der Waals surface area contributed by atoms with Crippen molar-refractivity contribution in [2.75, 3.05) is 37.7 Å². The summed E-state index contributed by atoms with van der Waals surface area (Å²) in [6.07, 6.45) is 6.05. The lowest BCUT2D eigenvalue weighted by Gasteiger charge is -2.35. The van der Waals surface area contributed by atoms with E-state index in [0.717, 1.165) is 51.7 Å². The Morgan fingerprint density at radius 1 is 1.14 bits per heavy atom. The van der Waals surface area contributed by atoms with E-state index in [9.17, 15) is 0 Å². The number of fused-ring (bicyclic) bond motifs is 1. The molecule has 1 saturated heterocycles. The summed E-state index contributed by atoms with van der Waals surface area (Å²) in [4.78, 5) is 9.39. The average Bonchev–Trinajstić information content (AvgIpc) is 3.15. The Morgan fingerprint density at radius 3 is 2.77 bits per heavy atom. The smallest absolute Gasteiger partial charge is 0.135 e. The molecule has 0 atom stereocenters. The van der Waals surface area contributed by atoms with E-state index in [0.29, 0.717) is 6.61 Å². The lowest BCUT2D eigenvalue weighted by molar-refractivity contribution is 0.0795. The molecule has 0 amide bonds. The van der Waals surface area contributed by atoms with Gasteiger partial charge in [0, 0.05) is 58.7 Å². The first kappa shape index (κ1) is 13.8. The zero-order valence-electron chi connectivity index (χ0n) is 13.0. The SMILES string of the molecule is Cn1cc(N2CCN(Cc3cnc4n3CCOC4)CC2)cn1. The first-order valence-corrected chi connectivity index (χ1v) is 7.86. The minimum Gasteiger partial charge on any atom is -0.372 e. The summed E-state index contributed by atoms with van der Waals surface area (Å²) in [5.74, 6) is 1.07. The number of ether oxygens (including phenoxy) is 1. The maximum Gasteiger partial charge on any atom is 0.135 e. The summed E-state index contributed by atoms with van der Waals surface area (Å²) in [6, 6.07) is 0. The molecular formula is C15H22N6O. The molecule has 0 saturated carbocycles. The van der Waals surface area contributed by atoms with Gasteiger partial charge in [-0.15, -0.1) is 0 Å². The van der Waals surface area contributed by atoms with Crippen molar-refractivity contribution in [3.8, 4) is 0 Å². The van der Waals surface area contributed by atoms with Gasteiger partial charge in [0.25, 0.3) is 0 Å². The molecule has 4 heterocycles. The molecule has 1 fully saturated rings. The maximum absolute atomic E-state index is 5.45. The van der Waals surface area contributed by atoms with Crippen molar-refractivity contribution in [1.29, 1.82) is 0 Å². The van der Waals surface area contributed by atoms with Crippen molar-refractivity contribution < 1.29 is 4.74 Å². The van der Waals surface area contributed by atoms with E-state index < -0.39 is 0 Å². The Bertz CT molecular complexity index is 640. The van der Waals surface area contributed by atoms with E-state index in [1.54, 1.807) is 0 Å². The van der Waals surface area contributed by atoms with Gasteiger partial charge in [-0.2, -0.15) is 5.10 Å². The van der Waals surface area contributed by atoms with Gasteiger partial charge in [0.2, 0.25) is 0 Å². The van der Waals surface area contributed by atoms with Gasteiger partial charge >= 0.3 is 0 Å². The summed E-state index contributed by atoms with van der Waals surface area (Å²) in [5, 5.41) is 4.26. The topological polar surface area (TPSA) is 51.4 Å². The van der Waals surface area contributed by atoms with Crippen LogP contribution in [0.1, 0.15) is 11.5 Å². The number of anilines is 1. The molecule has 4 rings (SSSR count). The van der Waals surface area contributed by atoms with Crippen LogP contribution in [0.25, 0.3) is 0 Å². The molecule has 22 heavy (non-hydrogen) atoms. The van der Waals surface area contributed by atoms with Crippen LogP contribution in [-0.4, -0.2) is 57.0 Å². The molecule has 2 aliphatic rings. The van der Waals surface area contributed by atoms with E-state index in [1.807, 2.05) is 24.1 Å². The molecule has 2 aromatic heterocycles. The first-order valence-electron chi connectivity index (χ1n) is 7.86. The van der Waals surface area contributed by atoms with Crippen LogP contribution in [0, 0.1) is 0 Å². The molecule has 118 valence electrons. The number of aryl methyl sites for hydroxylation is 1. The predicted octanol–water partition coefficient (Wildman–Crippen LogP) is 0.469. The van der Waals surface area contributed by atoms with E-state index >= 15 is 0 Å². The summed E-state index contributed by atoms with van der Waals surface area (Å²) in [5.41, 5.74) is 2.54. The van der Waals surface area contributed by atoms with E-state index in [1.165, 1.54) is 11.4 Å². The molecule has 7 nitrogen and oxygen atoms in total. The highest BCUT2D eigenvalue weighted by Crippen LogP contribution is 2.18. The Balaban J connectivity index is 1.37. The average molecular weight is 302 g/mol. The standard InChI is InChI=1S/C15H22N6O/c1-18-10-13(9-17-18)20-4-2-19(3-5-20)11-14-8-16-15-12-22-7-6-21(14)15/h8-10H,2-7,11-12H2,1H3. The van der Waals surface area contributed by atoms with Crippen LogP contribution in [-0.2, 0) is 31.5 Å². The fourth-order valence-electron chi connectivity index (χ4n) is 3.25. The van der Waals surface area contributed by atoms with Crippen molar-refractivity contribution in [3.05, 3.63) is 30.1 Å². The third-order valence-electron chi connectivity index (χ3n) is 4.53. The number of hydrogen-bond acceptors (Lipinski definition) is 5. The summed E-state index contributed by atoms with van der Waals surface area (Å²) in [7, 11) is 1.96. The van der Waals surface area contributed by atoms with Crippen LogP contribution in [0.3, 0.4) is 0 Å². The molecule has 0 spiro atoms. The van der Waals surface area contributed by atoms with E-state index in [2.05, 4.69) is 30.6 Å². The maximum atomic E-state index is 5.45. The van der Waals surface area contributed by atoms with Crippen LogP contribution in [0.5, 0.6) is 0 Å². The van der Waals surface area contributed by atoms with Gasteiger partial charge in [-0.05, 0) is 0 Å². The zero-order valence-corrected chi connectivity index (χ0v) is 13.0. The fraction of sp³-hybridized carbons (Fsp3) is 0.600. The molecule has 0 aliphatic carbocycles. The van der Waals surface area contributed by atoms with Crippen molar-refractivity contribution in [2.45, 2.75) is 19.7 Å². The Labute approximate surface area is 130 Å². The van der Waals surface area contributed by atoms with Crippen LogP contribution in [0.2, 0.25) is 0 Å². The highest BCUT2D eigenvalue weighted by Gasteiger charge is 2.21. The third-order valence-corrected chi connectivity index (χ3v) is 4.53. The normalized spacial score (nSPS) is 19.4. The van der Waals surface area contributed by atoms with Crippen molar-refractivity contribution in [3.63, 3.8) is 0 Å². The summed E-state index contributed by atoms with van der Waals surface area (Å²) in [6.45, 7) is 7.61. The second-order valence-electron chi connectivity index (χ2n) is 6.01. The summed E-state index contributed by atoms with van der Waals surface area (Å²) >= 11 is 0. The molecule has 0 N–H and O–H groups in total. The molecule has 0 bridgehead atoms. The highest BCUT2D eigenvalue weighted by molar-refractivity contribution is 5.42. The number of rotatable bonds is 3. The van der Waals surface area contributed by atoms with Gasteiger partial charge in [0.15, 0.2) is 0 Å². The number of piperazine rings is 1. The lowest BCUT2D eigenvalue weighted by Crippen LogP contribution is -2.46. The number of aromatic nitrogens is 4. The third kappa shape index (κ3) is 2.62. The largest absolute Gasteiger partial charge is 0.372 e. The van der Waals surface area contributed by atoms with Crippen molar-refractivity contribution in [1.82, 2.24) is 24.2 Å². The van der Waals surface area contributed by atoms with Crippen molar-refractivity contribution >= 4 is 5.69 Å². The molecule has 7 heteroatoms. The van der Waals surface area contributed by atoms with E-state index in [-0.39, 0.29) is 0 Å². The minimum absolute atomic E-state index is 0.648. The number of hydrogen-bond donors (Lipinski definition) is 0. The lowest BCUT2D eigenvalue weighted by atomic mass is 10.2. The quantitative estimate of drug-likeness (QED) is 0.825. The highest BCUT2D eigenvalue weighted by atomic mass is 16.5. The molecule has 0 unspecified atom stereocenters. The van der Waals surface area contributed by atoms with Crippen LogP contribution >= 0.6 is 0 Å². The molecule has 0 aromatic carbocycles. The predicted molar refractivity (Wildman–Crippen MR) is 82.6 cm³/mol. The number of imidazole rings is 1. The molecule has 2 aliphatic heterocycles. The Hall–Kier alpha value is -1.86. The van der Waals surface area contributed by atoms with Gasteiger partial charge in [-0.25, -0.2) is 4.98 Å². The van der Waals surface area contributed by atoms with Gasteiger partial charge < -0.3 is 14.2 Å². The Kier molecular flexibility index (Phi) is 3.59. The first-order chi connectivity index (χ1) is 10.8. The van der Waals surface area contributed by atoms with Crippen LogP contribution in [0.15, 0.2) is 18.6 Å². The number of nitrogens with zero attached hydrogens (tertiary/aromatic N) is 6. The second-order valence-corrected chi connectivity index (χ2v) is 6.01. The van der Waals surface area contributed by atoms with Crippen LogP contribution < -0.4 is 4.90 Å². The van der Waals surface area contributed by atoms with Gasteiger partial charge in [0.1, 0.15) is 12.4 Å². The van der Waals surface area contributed by atoms with E-state index in [4.69, 9.17) is 4.74 Å². The van der Waals surface area contributed by atoms with Gasteiger partial charge in [0.05, 0.1) is 24.2 Å². The Morgan fingerprint density at radius 2 is 2.00 bits per heavy atom.